The Morgan fingerprint density at radius 2 is 1.66 bits per heavy atom. The summed E-state index contributed by atoms with van der Waals surface area (Å²) in [6.07, 6.45) is -4.93. The number of carbonyl (C=O) groups is 1. The van der Waals surface area contributed by atoms with Gasteiger partial charge in [-0.05, 0) is 74.4 Å². The smallest absolute Gasteiger partial charge is 0.311 e. The maximum absolute atomic E-state index is 14.1. The molecule has 0 radical (unpaired) electrons. The summed E-state index contributed by atoms with van der Waals surface area (Å²) >= 11 is 0. The van der Waals surface area contributed by atoms with Crippen LogP contribution in [0.25, 0.3) is 0 Å². The van der Waals surface area contributed by atoms with Crippen LogP contribution in [0, 0.1) is 23.7 Å². The summed E-state index contributed by atoms with van der Waals surface area (Å²) in [5, 5.41) is 22.4. The van der Waals surface area contributed by atoms with Gasteiger partial charge in [-0.1, -0.05) is 20.8 Å². The first-order chi connectivity index (χ1) is 21.9. The van der Waals surface area contributed by atoms with E-state index in [9.17, 15) is 15.0 Å². The third-order valence-electron chi connectivity index (χ3n) is 11.5. The molecular formula is C35H62N2O10. The number of cyclic esters (lactones) is 1. The number of aliphatic hydroxyl groups is 2. The monoisotopic (exact) mass is 670 g/mol. The number of nitrogens with zero attached hydrogens (tertiary/aromatic N) is 2. The molecule has 0 saturated carbocycles. The van der Waals surface area contributed by atoms with Crippen molar-refractivity contribution < 1.29 is 48.2 Å². The van der Waals surface area contributed by atoms with Gasteiger partial charge in [-0.15, -0.1) is 0 Å². The second kappa shape index (κ2) is 14.9. The van der Waals surface area contributed by atoms with Crippen molar-refractivity contribution in [1.82, 2.24) is 4.90 Å². The van der Waals surface area contributed by atoms with Crippen LogP contribution in [0.3, 0.4) is 0 Å². The molecule has 12 heteroatoms. The van der Waals surface area contributed by atoms with Crippen LogP contribution in [0.1, 0.15) is 81.6 Å². The van der Waals surface area contributed by atoms with Gasteiger partial charge in [-0.3, -0.25) is 9.79 Å². The summed E-state index contributed by atoms with van der Waals surface area (Å²) in [5.41, 5.74) is -1.05. The van der Waals surface area contributed by atoms with Crippen molar-refractivity contribution in [3.8, 4) is 0 Å². The normalized spacial score (nSPS) is 50.3. The summed E-state index contributed by atoms with van der Waals surface area (Å²) in [5.74, 6) is -1.73. The van der Waals surface area contributed by atoms with E-state index in [4.69, 9.17) is 33.2 Å². The van der Waals surface area contributed by atoms with E-state index in [2.05, 4.69) is 18.8 Å². The minimum absolute atomic E-state index is 0.104. The number of aliphatic hydroxyl groups excluding tert-OH is 2. The van der Waals surface area contributed by atoms with Crippen LogP contribution >= 0.6 is 0 Å². The molecule has 0 aromatic rings. The zero-order valence-corrected chi connectivity index (χ0v) is 30.8. The summed E-state index contributed by atoms with van der Waals surface area (Å²) in [6, 6.07) is -0.168. The molecule has 0 aromatic heterocycles. The van der Waals surface area contributed by atoms with Crippen molar-refractivity contribution in [2.45, 2.75) is 160 Å². The van der Waals surface area contributed by atoms with Crippen molar-refractivity contribution in [3.05, 3.63) is 0 Å². The first-order valence-corrected chi connectivity index (χ1v) is 17.4. The zero-order valence-electron chi connectivity index (χ0n) is 30.8. The van der Waals surface area contributed by atoms with Gasteiger partial charge < -0.3 is 48.3 Å². The first kappa shape index (κ1) is 38.6. The molecule has 12 nitrogen and oxygen atoms in total. The van der Waals surface area contributed by atoms with Gasteiger partial charge in [-0.2, -0.15) is 0 Å². The summed E-state index contributed by atoms with van der Waals surface area (Å²) in [7, 11) is 7.15. The number of aliphatic imine (C=N–C) groups is 1. The van der Waals surface area contributed by atoms with Gasteiger partial charge in [0.05, 0.1) is 47.6 Å². The lowest BCUT2D eigenvalue weighted by Crippen LogP contribution is -2.60. The fraction of sp³-hybridized carbons (Fsp3) is 0.943. The lowest BCUT2D eigenvalue weighted by molar-refractivity contribution is -0.318. The van der Waals surface area contributed by atoms with Gasteiger partial charge in [0.15, 0.2) is 12.6 Å². The number of methoxy groups -OCH3 is 1. The maximum atomic E-state index is 14.1. The van der Waals surface area contributed by atoms with Crippen molar-refractivity contribution in [3.63, 3.8) is 0 Å². The van der Waals surface area contributed by atoms with E-state index >= 15 is 0 Å². The summed E-state index contributed by atoms with van der Waals surface area (Å²) in [4.78, 5) is 20.5. The van der Waals surface area contributed by atoms with Crippen LogP contribution in [-0.4, -0.2) is 134 Å². The van der Waals surface area contributed by atoms with Crippen LogP contribution in [-0.2, 0) is 38.0 Å². The highest BCUT2D eigenvalue weighted by atomic mass is 16.7. The van der Waals surface area contributed by atoms with E-state index in [1.807, 2.05) is 53.6 Å². The molecule has 4 aliphatic rings. The number of likely N-dealkylation sites (N-methyl/N-ethyl adjacent to an activating group) is 1. The van der Waals surface area contributed by atoms with Gasteiger partial charge >= 0.3 is 5.97 Å². The van der Waals surface area contributed by atoms with Crippen LogP contribution < -0.4 is 0 Å². The third kappa shape index (κ3) is 7.76. The summed E-state index contributed by atoms with van der Waals surface area (Å²) in [6.45, 7) is 17.5. The fourth-order valence-electron chi connectivity index (χ4n) is 8.54. The molecule has 4 heterocycles. The number of rotatable bonds is 7. The molecule has 4 fully saturated rings. The zero-order chi connectivity index (χ0) is 35.2. The van der Waals surface area contributed by atoms with Crippen LogP contribution in [0.15, 0.2) is 4.99 Å². The topological polar surface area (TPSA) is 138 Å². The van der Waals surface area contributed by atoms with Gasteiger partial charge in [0, 0.05) is 44.2 Å². The quantitative estimate of drug-likeness (QED) is 0.305. The lowest BCUT2D eigenvalue weighted by Gasteiger charge is -2.48. The Labute approximate surface area is 281 Å². The number of fused-ring (bicyclic) bond motifs is 2. The molecule has 0 aliphatic carbocycles. The number of carbonyl (C=O) groups excluding carboxylic acids is 1. The average molecular weight is 671 g/mol. The molecule has 2 bridgehead atoms. The largest absolute Gasteiger partial charge is 0.456 e. The molecular weight excluding hydrogens is 608 g/mol. The Morgan fingerprint density at radius 3 is 2.26 bits per heavy atom. The molecule has 0 amide bonds. The van der Waals surface area contributed by atoms with Crippen molar-refractivity contribution in [2.75, 3.05) is 28.3 Å². The minimum atomic E-state index is -0.932. The van der Waals surface area contributed by atoms with Crippen molar-refractivity contribution in [1.29, 1.82) is 0 Å². The highest BCUT2D eigenvalue weighted by molar-refractivity contribution is 5.89. The standard InChI is InChI=1S/C35H62N2O10/c1-17-15-35(9)31(46-33-26(38)24(37(11)12)14-18(2)42-33)20(4)28(44-25-16-34(8,41-13)30(39)23(7)43-25)21(5)32(40)45-29(22(6)36-10)19(3)27(17)47-35/h17-21,23-31,33,38-39H,14-16H2,1-13H3/t17?,18?,19-,20-,21+,23?,24?,25-,26?,27?,28-,29+,30-,31+,33-,34?,35?/m0/s1. The molecule has 47 heavy (non-hydrogen) atoms. The van der Waals surface area contributed by atoms with Gasteiger partial charge in [0.1, 0.15) is 18.3 Å². The molecule has 17 atom stereocenters. The van der Waals surface area contributed by atoms with E-state index in [0.717, 1.165) is 0 Å². The Bertz CT molecular complexity index is 1110. The fourth-order valence-corrected chi connectivity index (χ4v) is 8.54. The number of esters is 1. The van der Waals surface area contributed by atoms with Crippen molar-refractivity contribution in [2.24, 2.45) is 28.7 Å². The van der Waals surface area contributed by atoms with E-state index < -0.39 is 78.2 Å². The van der Waals surface area contributed by atoms with Crippen LogP contribution in [0.4, 0.5) is 0 Å². The number of hydrogen-bond acceptors (Lipinski definition) is 12. The second-order valence-corrected chi connectivity index (χ2v) is 15.5. The average Bonchev–Trinajstić information content (AvgIpc) is 3.33. The number of hydrogen-bond donors (Lipinski definition) is 2. The SMILES string of the molecule is CN=C(C)[C@@H]1OC(=O)[C@H](C)[C@@H](O[C@H]2CC(C)(OC)[C@@H](O)C(C)O2)[C@H](C)[C@@H](O[C@@H]2OC(C)CC(N(C)C)C2O)C2(C)CC(C)C(O2)[C@@H]1C. The number of ether oxygens (including phenoxy) is 7. The Kier molecular flexibility index (Phi) is 12.3. The van der Waals surface area contributed by atoms with E-state index in [0.29, 0.717) is 18.6 Å². The predicted molar refractivity (Wildman–Crippen MR) is 176 cm³/mol. The Hall–Kier alpha value is -1.22. The molecule has 0 aromatic carbocycles. The maximum Gasteiger partial charge on any atom is 0.311 e. The second-order valence-electron chi connectivity index (χ2n) is 15.5. The van der Waals surface area contributed by atoms with E-state index in [-0.39, 0.29) is 36.5 Å². The lowest BCUT2D eigenvalue weighted by atomic mass is 9.77. The highest BCUT2D eigenvalue weighted by Crippen LogP contribution is 2.47. The summed E-state index contributed by atoms with van der Waals surface area (Å²) < 4.78 is 45.2. The Morgan fingerprint density at radius 1 is 1.00 bits per heavy atom. The molecule has 2 N–H and O–H groups in total. The third-order valence-corrected chi connectivity index (χ3v) is 11.5. The molecule has 8 unspecified atom stereocenters. The van der Waals surface area contributed by atoms with E-state index in [1.54, 1.807) is 28.0 Å². The Balaban J connectivity index is 1.79. The first-order valence-electron chi connectivity index (χ1n) is 17.4. The van der Waals surface area contributed by atoms with Gasteiger partial charge in [0.2, 0.25) is 0 Å². The van der Waals surface area contributed by atoms with Crippen molar-refractivity contribution >= 4 is 11.7 Å². The predicted octanol–water partition coefficient (Wildman–Crippen LogP) is 3.19. The molecule has 0 spiro atoms. The molecule has 4 aliphatic heterocycles. The molecule has 272 valence electrons. The van der Waals surface area contributed by atoms with E-state index in [1.165, 1.54) is 0 Å². The van der Waals surface area contributed by atoms with Crippen LogP contribution in [0.2, 0.25) is 0 Å². The molecule has 4 rings (SSSR count). The highest BCUT2D eigenvalue weighted by Gasteiger charge is 2.57. The van der Waals surface area contributed by atoms with Crippen LogP contribution in [0.5, 0.6) is 0 Å². The minimum Gasteiger partial charge on any atom is -0.456 e. The van der Waals surface area contributed by atoms with Gasteiger partial charge in [0.25, 0.3) is 0 Å². The molecule has 4 saturated heterocycles. The van der Waals surface area contributed by atoms with Gasteiger partial charge in [-0.25, -0.2) is 0 Å².